The largest absolute Gasteiger partial charge is 0.398 e. The lowest BCUT2D eigenvalue weighted by Gasteiger charge is -2.03. The van der Waals surface area contributed by atoms with Gasteiger partial charge in [0.15, 0.2) is 5.78 Å². The predicted molar refractivity (Wildman–Crippen MR) is 69.9 cm³/mol. The van der Waals surface area contributed by atoms with E-state index in [4.69, 9.17) is 5.73 Å². The van der Waals surface area contributed by atoms with Gasteiger partial charge in [-0.1, -0.05) is 15.9 Å². The fourth-order valence-electron chi connectivity index (χ4n) is 1.55. The molecule has 4 nitrogen and oxygen atoms in total. The van der Waals surface area contributed by atoms with Crippen LogP contribution in [0.1, 0.15) is 22.8 Å². The Morgan fingerprint density at radius 2 is 2.29 bits per heavy atom. The molecule has 2 N–H and O–H groups in total. The van der Waals surface area contributed by atoms with Gasteiger partial charge in [0, 0.05) is 28.5 Å². The molecule has 17 heavy (non-hydrogen) atoms. The fraction of sp³-hybridized carbons (Fsp3) is 0.167. The minimum absolute atomic E-state index is 0.102. The Bertz CT molecular complexity index is 563. The summed E-state index contributed by atoms with van der Waals surface area (Å²) in [7, 11) is 0. The first-order valence-electron chi connectivity index (χ1n) is 5.24. The van der Waals surface area contributed by atoms with E-state index < -0.39 is 0 Å². The normalized spacial score (nSPS) is 10.5. The van der Waals surface area contributed by atoms with Gasteiger partial charge in [-0.3, -0.25) is 9.48 Å². The zero-order chi connectivity index (χ0) is 12.4. The lowest BCUT2D eigenvalue weighted by molar-refractivity contribution is 0.103. The second kappa shape index (κ2) is 4.71. The van der Waals surface area contributed by atoms with E-state index in [2.05, 4.69) is 21.0 Å². The Morgan fingerprint density at radius 1 is 1.53 bits per heavy atom. The molecule has 1 aromatic carbocycles. The van der Waals surface area contributed by atoms with Gasteiger partial charge in [0.2, 0.25) is 0 Å². The fourth-order valence-corrected chi connectivity index (χ4v) is 1.93. The first kappa shape index (κ1) is 11.9. The molecule has 2 rings (SSSR count). The molecule has 0 aliphatic heterocycles. The Labute approximate surface area is 108 Å². The summed E-state index contributed by atoms with van der Waals surface area (Å²) < 4.78 is 2.57. The number of ketones is 1. The molecule has 2 aromatic rings. The summed E-state index contributed by atoms with van der Waals surface area (Å²) in [6.45, 7) is 2.71. The number of halogens is 1. The second-order valence-electron chi connectivity index (χ2n) is 3.65. The predicted octanol–water partition coefficient (Wildman–Crippen LogP) is 2.48. The van der Waals surface area contributed by atoms with Gasteiger partial charge < -0.3 is 5.73 Å². The van der Waals surface area contributed by atoms with Crippen molar-refractivity contribution in [1.29, 1.82) is 0 Å². The summed E-state index contributed by atoms with van der Waals surface area (Å²) in [6.07, 6.45) is 3.29. The SMILES string of the molecule is CCn1cc(C(=O)c2ccc(Br)cc2N)cn1. The van der Waals surface area contributed by atoms with E-state index in [0.717, 1.165) is 11.0 Å². The van der Waals surface area contributed by atoms with Crippen molar-refractivity contribution in [3.63, 3.8) is 0 Å². The zero-order valence-electron chi connectivity index (χ0n) is 9.35. The lowest BCUT2D eigenvalue weighted by atomic mass is 10.0. The maximum atomic E-state index is 12.2. The van der Waals surface area contributed by atoms with E-state index >= 15 is 0 Å². The van der Waals surface area contributed by atoms with Crippen LogP contribution in [0.3, 0.4) is 0 Å². The number of anilines is 1. The van der Waals surface area contributed by atoms with Crippen LogP contribution in [0.15, 0.2) is 35.1 Å². The van der Waals surface area contributed by atoms with E-state index in [9.17, 15) is 4.79 Å². The van der Waals surface area contributed by atoms with Crippen LogP contribution in [0, 0.1) is 0 Å². The molecular formula is C12H12BrN3O. The van der Waals surface area contributed by atoms with Crippen LogP contribution in [0.5, 0.6) is 0 Å². The van der Waals surface area contributed by atoms with Crippen molar-refractivity contribution in [3.05, 3.63) is 46.2 Å². The molecule has 0 spiro atoms. The minimum Gasteiger partial charge on any atom is -0.398 e. The third-order valence-electron chi connectivity index (χ3n) is 2.48. The standard InChI is InChI=1S/C12H12BrN3O/c1-2-16-7-8(6-15-16)12(17)10-4-3-9(13)5-11(10)14/h3-7H,2,14H2,1H3. The smallest absolute Gasteiger partial charge is 0.198 e. The Kier molecular flexibility index (Phi) is 3.28. The van der Waals surface area contributed by atoms with Gasteiger partial charge >= 0.3 is 0 Å². The van der Waals surface area contributed by atoms with Gasteiger partial charge in [-0.05, 0) is 25.1 Å². The van der Waals surface area contributed by atoms with Gasteiger partial charge in [-0.2, -0.15) is 5.10 Å². The summed E-state index contributed by atoms with van der Waals surface area (Å²) in [6, 6.07) is 5.23. The van der Waals surface area contributed by atoms with E-state index in [1.807, 2.05) is 6.92 Å². The second-order valence-corrected chi connectivity index (χ2v) is 4.56. The molecule has 1 aromatic heterocycles. The molecule has 88 valence electrons. The van der Waals surface area contributed by atoms with E-state index in [1.165, 1.54) is 0 Å². The first-order valence-corrected chi connectivity index (χ1v) is 6.03. The Hall–Kier alpha value is -1.62. The van der Waals surface area contributed by atoms with Gasteiger partial charge in [-0.25, -0.2) is 0 Å². The van der Waals surface area contributed by atoms with Gasteiger partial charge in [0.25, 0.3) is 0 Å². The van der Waals surface area contributed by atoms with Crippen molar-refractivity contribution in [1.82, 2.24) is 9.78 Å². The summed E-state index contributed by atoms with van der Waals surface area (Å²) in [4.78, 5) is 12.2. The van der Waals surface area contributed by atoms with E-state index in [1.54, 1.807) is 35.3 Å². The van der Waals surface area contributed by atoms with Crippen LogP contribution < -0.4 is 5.73 Å². The highest BCUT2D eigenvalue weighted by Gasteiger charge is 2.14. The molecule has 0 saturated carbocycles. The quantitative estimate of drug-likeness (QED) is 0.699. The van der Waals surface area contributed by atoms with Crippen molar-refractivity contribution in [2.75, 3.05) is 5.73 Å². The number of hydrogen-bond donors (Lipinski definition) is 1. The molecule has 0 bridgehead atoms. The third kappa shape index (κ3) is 2.39. The molecule has 0 fully saturated rings. The van der Waals surface area contributed by atoms with Crippen LogP contribution in [0.2, 0.25) is 0 Å². The minimum atomic E-state index is -0.102. The average Bonchev–Trinajstić information content (AvgIpc) is 2.76. The molecule has 0 saturated heterocycles. The molecule has 0 radical (unpaired) electrons. The van der Waals surface area contributed by atoms with Crippen molar-refractivity contribution < 1.29 is 4.79 Å². The van der Waals surface area contributed by atoms with Crippen LogP contribution in [0.4, 0.5) is 5.69 Å². The van der Waals surface area contributed by atoms with E-state index in [-0.39, 0.29) is 5.78 Å². The molecule has 0 atom stereocenters. The zero-order valence-corrected chi connectivity index (χ0v) is 10.9. The number of nitrogens with two attached hydrogens (primary N) is 1. The molecular weight excluding hydrogens is 282 g/mol. The molecule has 0 aliphatic carbocycles. The first-order chi connectivity index (χ1) is 8.11. The monoisotopic (exact) mass is 293 g/mol. The number of hydrogen-bond acceptors (Lipinski definition) is 3. The van der Waals surface area contributed by atoms with Crippen molar-refractivity contribution in [2.45, 2.75) is 13.5 Å². The highest BCUT2D eigenvalue weighted by molar-refractivity contribution is 9.10. The van der Waals surface area contributed by atoms with Crippen molar-refractivity contribution in [2.24, 2.45) is 0 Å². The number of aryl methyl sites for hydroxylation is 1. The van der Waals surface area contributed by atoms with Gasteiger partial charge in [-0.15, -0.1) is 0 Å². The molecule has 1 heterocycles. The molecule has 0 amide bonds. The number of nitrogen functional groups attached to an aromatic ring is 1. The van der Waals surface area contributed by atoms with Crippen LogP contribution in [0.25, 0.3) is 0 Å². The summed E-state index contributed by atoms with van der Waals surface area (Å²) >= 11 is 3.31. The van der Waals surface area contributed by atoms with Gasteiger partial charge in [0.05, 0.1) is 11.8 Å². The topological polar surface area (TPSA) is 60.9 Å². The average molecular weight is 294 g/mol. The van der Waals surface area contributed by atoms with Gasteiger partial charge in [0.1, 0.15) is 0 Å². The third-order valence-corrected chi connectivity index (χ3v) is 2.97. The Morgan fingerprint density at radius 3 is 2.88 bits per heavy atom. The van der Waals surface area contributed by atoms with Crippen LogP contribution >= 0.6 is 15.9 Å². The Balaban J connectivity index is 2.36. The van der Waals surface area contributed by atoms with Crippen molar-refractivity contribution in [3.8, 4) is 0 Å². The van der Waals surface area contributed by atoms with Crippen molar-refractivity contribution >= 4 is 27.4 Å². The number of carbonyl (C=O) groups excluding carboxylic acids is 1. The maximum absolute atomic E-state index is 12.2. The number of carbonyl (C=O) groups is 1. The summed E-state index contributed by atoms with van der Waals surface area (Å²) in [5.74, 6) is -0.102. The lowest BCUT2D eigenvalue weighted by Crippen LogP contribution is -2.04. The molecule has 0 aliphatic rings. The summed E-state index contributed by atoms with van der Waals surface area (Å²) in [5.41, 5.74) is 7.35. The number of aromatic nitrogens is 2. The van der Waals surface area contributed by atoms with Crippen LogP contribution in [-0.4, -0.2) is 15.6 Å². The number of rotatable bonds is 3. The summed E-state index contributed by atoms with van der Waals surface area (Å²) in [5, 5.41) is 4.07. The molecule has 5 heteroatoms. The molecule has 0 unspecified atom stereocenters. The van der Waals surface area contributed by atoms with Crippen LogP contribution in [-0.2, 0) is 6.54 Å². The highest BCUT2D eigenvalue weighted by atomic mass is 79.9. The number of benzene rings is 1. The maximum Gasteiger partial charge on any atom is 0.198 e. The van der Waals surface area contributed by atoms with E-state index in [0.29, 0.717) is 16.8 Å². The number of nitrogens with zero attached hydrogens (tertiary/aromatic N) is 2. The highest BCUT2D eigenvalue weighted by Crippen LogP contribution is 2.21.